The summed E-state index contributed by atoms with van der Waals surface area (Å²) >= 11 is 11.8. The highest BCUT2D eigenvalue weighted by Crippen LogP contribution is 2.32. The number of nitrogens with zero attached hydrogens (tertiary/aromatic N) is 2. The van der Waals surface area contributed by atoms with E-state index in [0.29, 0.717) is 35.7 Å². The van der Waals surface area contributed by atoms with Gasteiger partial charge < -0.3 is 10.2 Å². The normalized spacial score (nSPS) is 13.2. The fraction of sp³-hybridized carbons (Fsp3) is 0.136. The van der Waals surface area contributed by atoms with Crippen LogP contribution in [0.4, 0.5) is 11.4 Å². The van der Waals surface area contributed by atoms with Gasteiger partial charge in [0.05, 0.1) is 6.54 Å². The Hall–Kier alpha value is -2.89. The maximum absolute atomic E-state index is 12.5. The average molecular weight is 426 g/mol. The first-order chi connectivity index (χ1) is 14.0. The van der Waals surface area contributed by atoms with Gasteiger partial charge in [-0.2, -0.15) is 0 Å². The number of aromatic nitrogens is 1. The van der Waals surface area contributed by atoms with Gasteiger partial charge in [-0.05, 0) is 60.0 Å². The zero-order chi connectivity index (χ0) is 20.4. The Balaban J connectivity index is 1.55. The van der Waals surface area contributed by atoms with E-state index >= 15 is 0 Å². The third-order valence-electron chi connectivity index (χ3n) is 4.78. The van der Waals surface area contributed by atoms with Crippen molar-refractivity contribution in [2.24, 2.45) is 0 Å². The predicted octanol–water partition coefficient (Wildman–Crippen LogP) is 5.12. The molecule has 7 heteroatoms. The van der Waals surface area contributed by atoms with Crippen molar-refractivity contribution in [3.63, 3.8) is 0 Å². The van der Waals surface area contributed by atoms with E-state index in [9.17, 15) is 9.59 Å². The van der Waals surface area contributed by atoms with E-state index in [2.05, 4.69) is 10.3 Å². The molecule has 0 spiro atoms. The molecular formula is C22H17Cl2N3O2. The number of hydrogen-bond acceptors (Lipinski definition) is 3. The van der Waals surface area contributed by atoms with E-state index in [0.717, 1.165) is 16.8 Å². The third-order valence-corrected chi connectivity index (χ3v) is 5.24. The van der Waals surface area contributed by atoms with Crippen LogP contribution >= 0.6 is 23.2 Å². The largest absolute Gasteiger partial charge is 0.322 e. The molecule has 0 bridgehead atoms. The molecule has 1 aliphatic rings. The molecule has 146 valence electrons. The van der Waals surface area contributed by atoms with Gasteiger partial charge in [-0.3, -0.25) is 9.59 Å². The highest BCUT2D eigenvalue weighted by molar-refractivity contribution is 6.30. The second-order valence-corrected chi connectivity index (χ2v) is 7.59. The van der Waals surface area contributed by atoms with Gasteiger partial charge in [0.15, 0.2) is 0 Å². The van der Waals surface area contributed by atoms with Crippen LogP contribution in [0.5, 0.6) is 0 Å². The molecule has 0 saturated heterocycles. The number of carbonyl (C=O) groups excluding carboxylic acids is 2. The van der Waals surface area contributed by atoms with Crippen LogP contribution in [-0.2, 0) is 17.8 Å². The average Bonchev–Trinajstić information content (AvgIpc) is 2.71. The van der Waals surface area contributed by atoms with Crippen molar-refractivity contribution in [3.05, 3.63) is 87.7 Å². The summed E-state index contributed by atoms with van der Waals surface area (Å²) in [6, 6.07) is 16.2. The van der Waals surface area contributed by atoms with Gasteiger partial charge in [0.1, 0.15) is 5.15 Å². The smallest absolute Gasteiger partial charge is 0.255 e. The van der Waals surface area contributed by atoms with Crippen LogP contribution in [0, 0.1) is 0 Å². The molecule has 0 radical (unpaired) electrons. The van der Waals surface area contributed by atoms with E-state index in [1.807, 2.05) is 36.4 Å². The molecule has 4 rings (SSSR count). The summed E-state index contributed by atoms with van der Waals surface area (Å²) in [6.45, 7) is 0.476. The van der Waals surface area contributed by atoms with E-state index in [1.165, 1.54) is 12.3 Å². The number of aryl methyl sites for hydroxylation is 1. The van der Waals surface area contributed by atoms with Crippen molar-refractivity contribution in [3.8, 4) is 0 Å². The van der Waals surface area contributed by atoms with E-state index < -0.39 is 0 Å². The van der Waals surface area contributed by atoms with Crippen molar-refractivity contribution in [2.45, 2.75) is 19.4 Å². The number of amides is 2. The molecule has 1 N–H and O–H groups in total. The van der Waals surface area contributed by atoms with Crippen LogP contribution in [0.2, 0.25) is 10.2 Å². The summed E-state index contributed by atoms with van der Waals surface area (Å²) in [5.41, 5.74) is 3.98. The number of carbonyl (C=O) groups is 2. The summed E-state index contributed by atoms with van der Waals surface area (Å²) in [4.78, 5) is 30.6. The second-order valence-electron chi connectivity index (χ2n) is 6.77. The van der Waals surface area contributed by atoms with Crippen LogP contribution < -0.4 is 10.2 Å². The van der Waals surface area contributed by atoms with Gasteiger partial charge in [-0.1, -0.05) is 35.3 Å². The number of hydrogen-bond donors (Lipinski definition) is 1. The minimum atomic E-state index is -0.265. The quantitative estimate of drug-likeness (QED) is 0.589. The summed E-state index contributed by atoms with van der Waals surface area (Å²) in [5.74, 6) is -0.185. The number of halogens is 2. The van der Waals surface area contributed by atoms with Gasteiger partial charge in [-0.25, -0.2) is 4.98 Å². The van der Waals surface area contributed by atoms with Crippen LogP contribution in [-0.4, -0.2) is 16.8 Å². The number of anilines is 2. The number of rotatable bonds is 4. The summed E-state index contributed by atoms with van der Waals surface area (Å²) < 4.78 is 0. The fourth-order valence-corrected chi connectivity index (χ4v) is 3.63. The fourth-order valence-electron chi connectivity index (χ4n) is 3.33. The maximum atomic E-state index is 12.5. The van der Waals surface area contributed by atoms with Crippen molar-refractivity contribution in [1.29, 1.82) is 0 Å². The van der Waals surface area contributed by atoms with Crippen molar-refractivity contribution >= 4 is 46.4 Å². The lowest BCUT2D eigenvalue weighted by Gasteiger charge is -2.30. The predicted molar refractivity (Wildman–Crippen MR) is 115 cm³/mol. The Morgan fingerprint density at radius 1 is 1.03 bits per heavy atom. The SMILES string of the molecule is O=C(Nc1ccc2c(c1)CCC(=O)N2Cc1ccc(Cl)cc1)c1ccnc(Cl)c1. The van der Waals surface area contributed by atoms with Gasteiger partial charge >= 0.3 is 0 Å². The lowest BCUT2D eigenvalue weighted by molar-refractivity contribution is -0.119. The topological polar surface area (TPSA) is 62.3 Å². The van der Waals surface area contributed by atoms with Crippen LogP contribution in [0.15, 0.2) is 60.8 Å². The second kappa shape index (κ2) is 8.23. The number of fused-ring (bicyclic) bond motifs is 1. The molecule has 0 saturated carbocycles. The van der Waals surface area contributed by atoms with Gasteiger partial charge in [0.2, 0.25) is 5.91 Å². The molecule has 3 aromatic rings. The van der Waals surface area contributed by atoms with E-state index in [1.54, 1.807) is 17.0 Å². The number of nitrogens with one attached hydrogen (secondary N) is 1. The highest BCUT2D eigenvalue weighted by Gasteiger charge is 2.24. The van der Waals surface area contributed by atoms with Gasteiger partial charge in [-0.15, -0.1) is 0 Å². The molecule has 0 atom stereocenters. The molecule has 1 aliphatic heterocycles. The maximum Gasteiger partial charge on any atom is 0.255 e. The van der Waals surface area contributed by atoms with Crippen molar-refractivity contribution in [1.82, 2.24) is 4.98 Å². The highest BCUT2D eigenvalue weighted by atomic mass is 35.5. The Morgan fingerprint density at radius 2 is 1.83 bits per heavy atom. The summed E-state index contributed by atoms with van der Waals surface area (Å²) in [6.07, 6.45) is 2.55. The molecule has 0 aliphatic carbocycles. The minimum Gasteiger partial charge on any atom is -0.322 e. The third kappa shape index (κ3) is 4.42. The molecule has 2 heterocycles. The van der Waals surface area contributed by atoms with Crippen molar-refractivity contribution < 1.29 is 9.59 Å². The molecule has 5 nitrogen and oxygen atoms in total. The zero-order valence-electron chi connectivity index (χ0n) is 15.4. The first kappa shape index (κ1) is 19.4. The zero-order valence-corrected chi connectivity index (χ0v) is 16.9. The first-order valence-corrected chi connectivity index (χ1v) is 9.86. The number of benzene rings is 2. The Bertz CT molecular complexity index is 1080. The summed E-state index contributed by atoms with van der Waals surface area (Å²) in [5, 5.41) is 3.80. The van der Waals surface area contributed by atoms with Gasteiger partial charge in [0, 0.05) is 34.6 Å². The molecule has 0 unspecified atom stereocenters. The van der Waals surface area contributed by atoms with E-state index in [4.69, 9.17) is 23.2 Å². The molecule has 29 heavy (non-hydrogen) atoms. The first-order valence-electron chi connectivity index (χ1n) is 9.10. The molecule has 2 amide bonds. The Labute approximate surface area is 178 Å². The lowest BCUT2D eigenvalue weighted by atomic mass is 9.99. The van der Waals surface area contributed by atoms with Crippen LogP contribution in [0.25, 0.3) is 0 Å². The molecule has 0 fully saturated rings. The standard InChI is InChI=1S/C22H17Cl2N3O2/c23-17-4-1-14(2-5-17)13-27-19-7-6-18(11-15(19)3-8-21(27)28)26-22(29)16-9-10-25-20(24)12-16/h1-2,4-7,9-12H,3,8,13H2,(H,26,29). The number of pyridine rings is 1. The van der Waals surface area contributed by atoms with Crippen molar-refractivity contribution in [2.75, 3.05) is 10.2 Å². The van der Waals surface area contributed by atoms with E-state index in [-0.39, 0.29) is 17.0 Å². The molecule has 2 aromatic carbocycles. The Morgan fingerprint density at radius 3 is 2.59 bits per heavy atom. The molecular weight excluding hydrogens is 409 g/mol. The molecule has 1 aromatic heterocycles. The lowest BCUT2D eigenvalue weighted by Crippen LogP contribution is -2.34. The van der Waals surface area contributed by atoms with Crippen LogP contribution in [0.3, 0.4) is 0 Å². The summed E-state index contributed by atoms with van der Waals surface area (Å²) in [7, 11) is 0. The van der Waals surface area contributed by atoms with Crippen LogP contribution in [0.1, 0.15) is 27.9 Å². The monoisotopic (exact) mass is 425 g/mol. The minimum absolute atomic E-state index is 0.0793. The van der Waals surface area contributed by atoms with Gasteiger partial charge in [0.25, 0.3) is 5.91 Å². The Kier molecular flexibility index (Phi) is 5.51.